The number of sulfonamides is 1. The second-order valence-electron chi connectivity index (χ2n) is 8.18. The van der Waals surface area contributed by atoms with Gasteiger partial charge in [-0.05, 0) is 12.1 Å². The van der Waals surface area contributed by atoms with Crippen molar-refractivity contribution in [1.29, 1.82) is 0 Å². The van der Waals surface area contributed by atoms with Gasteiger partial charge in [-0.25, -0.2) is 13.4 Å². The molecule has 1 unspecified atom stereocenters. The highest BCUT2D eigenvalue weighted by molar-refractivity contribution is 7.89. The number of benzene rings is 1. The Kier molecular flexibility index (Phi) is 9.35. The number of alkyl halides is 3. The highest BCUT2D eigenvalue weighted by atomic mass is 32.2. The number of halogens is 3. The summed E-state index contributed by atoms with van der Waals surface area (Å²) in [6.07, 6.45) is -4.83. The van der Waals surface area contributed by atoms with Crippen molar-refractivity contribution in [2.75, 3.05) is 39.3 Å². The number of nitrogens with zero attached hydrogens (tertiary/aromatic N) is 4. The minimum Gasteiger partial charge on any atom is -0.481 e. The summed E-state index contributed by atoms with van der Waals surface area (Å²) >= 11 is 0. The second-order valence-corrected chi connectivity index (χ2v) is 10.1. The molecule has 2 N–H and O–H groups in total. The van der Waals surface area contributed by atoms with Crippen molar-refractivity contribution in [3.05, 3.63) is 48.4 Å². The lowest BCUT2D eigenvalue weighted by atomic mass is 10.1. The first-order valence-corrected chi connectivity index (χ1v) is 12.6. The van der Waals surface area contributed by atoms with Crippen molar-refractivity contribution >= 4 is 27.7 Å². The molecule has 0 saturated carbocycles. The number of amides is 1. The monoisotopic (exact) mass is 559 g/mol. The predicted molar refractivity (Wildman–Crippen MR) is 123 cm³/mol. The summed E-state index contributed by atoms with van der Waals surface area (Å²) in [7, 11) is -3.69. The number of nitrogens with one attached hydrogen (secondary N) is 1. The van der Waals surface area contributed by atoms with E-state index in [2.05, 4.69) is 15.3 Å². The van der Waals surface area contributed by atoms with Crippen molar-refractivity contribution < 1.29 is 45.8 Å². The molecule has 1 aliphatic heterocycles. The van der Waals surface area contributed by atoms with Crippen molar-refractivity contribution in [3.63, 3.8) is 0 Å². The second kappa shape index (κ2) is 12.3. The smallest absolute Gasteiger partial charge is 0.451 e. The van der Waals surface area contributed by atoms with E-state index in [9.17, 15) is 36.0 Å². The van der Waals surface area contributed by atoms with E-state index in [-0.39, 0.29) is 37.6 Å². The van der Waals surface area contributed by atoms with Crippen LogP contribution in [-0.2, 0) is 30.6 Å². The molecule has 1 amide bonds. The van der Waals surface area contributed by atoms with Crippen LogP contribution in [0.5, 0.6) is 5.88 Å². The Morgan fingerprint density at radius 3 is 2.34 bits per heavy atom. The Hall–Kier alpha value is -3.63. The third-order valence-corrected chi connectivity index (χ3v) is 7.34. The van der Waals surface area contributed by atoms with Gasteiger partial charge in [0.1, 0.15) is 6.04 Å². The van der Waals surface area contributed by atoms with E-state index in [1.54, 1.807) is 23.1 Å². The molecule has 0 aliphatic carbocycles. The predicted octanol–water partition coefficient (Wildman–Crippen LogP) is 0.409. The summed E-state index contributed by atoms with van der Waals surface area (Å²) in [6, 6.07) is 7.37. The number of carboxylic acids is 1. The fourth-order valence-corrected chi connectivity index (χ4v) is 4.98. The number of carbonyl (C=O) groups is 3. The minimum atomic E-state index is -4.83. The maximum Gasteiger partial charge on any atom is 0.451 e. The van der Waals surface area contributed by atoms with Crippen LogP contribution in [-0.4, -0.2) is 95.7 Å². The van der Waals surface area contributed by atoms with Gasteiger partial charge in [-0.15, -0.1) is 0 Å². The van der Waals surface area contributed by atoms with Crippen LogP contribution in [0.3, 0.4) is 0 Å². The van der Waals surface area contributed by atoms with Gasteiger partial charge in [-0.2, -0.15) is 22.5 Å². The molecule has 1 aliphatic rings. The molecule has 2 heterocycles. The molecule has 206 valence electrons. The normalized spacial score (nSPS) is 16.0. The van der Waals surface area contributed by atoms with Crippen molar-refractivity contribution in [2.45, 2.75) is 23.5 Å². The maximum absolute atomic E-state index is 12.7. The zero-order valence-electron chi connectivity index (χ0n) is 19.8. The van der Waals surface area contributed by atoms with Crippen molar-refractivity contribution in [3.8, 4) is 5.88 Å². The van der Waals surface area contributed by atoms with Crippen LogP contribution in [0.15, 0.2) is 47.5 Å². The number of Topliss-reactive ketones (excluding diaryl/α,β-unsaturated/α-hetero) is 1. The topological polar surface area (TPSA) is 159 Å². The van der Waals surface area contributed by atoms with E-state index < -0.39 is 64.6 Å². The van der Waals surface area contributed by atoms with Gasteiger partial charge in [-0.3, -0.25) is 19.3 Å². The Morgan fingerprint density at radius 2 is 1.74 bits per heavy atom. The van der Waals surface area contributed by atoms with E-state index >= 15 is 0 Å². The first-order chi connectivity index (χ1) is 17.9. The SMILES string of the molecule is O=C(O)CC(NC(=O)CN1CCN(S(=O)(=O)c2ccccc2)CC1)C(=O)COc1ccnc(C(F)(F)F)n1. The average Bonchev–Trinajstić information content (AvgIpc) is 2.87. The fraction of sp³-hybridized carbons (Fsp3) is 0.409. The van der Waals surface area contributed by atoms with E-state index in [1.807, 2.05) is 0 Å². The number of aliphatic carboxylic acids is 1. The summed E-state index contributed by atoms with van der Waals surface area (Å²) < 4.78 is 69.9. The highest BCUT2D eigenvalue weighted by Gasteiger charge is 2.35. The average molecular weight is 560 g/mol. The van der Waals surface area contributed by atoms with E-state index in [0.717, 1.165) is 12.3 Å². The summed E-state index contributed by atoms with van der Waals surface area (Å²) in [5.41, 5.74) is 0. The summed E-state index contributed by atoms with van der Waals surface area (Å²) in [5, 5.41) is 11.4. The van der Waals surface area contributed by atoms with Gasteiger partial charge in [0.05, 0.1) is 17.9 Å². The van der Waals surface area contributed by atoms with Crippen LogP contribution in [0, 0.1) is 0 Å². The molecule has 12 nitrogen and oxygen atoms in total. The molecule has 1 atom stereocenters. The Bertz CT molecular complexity index is 1250. The number of carboxylic acid groups (broad SMARTS) is 1. The number of hydrogen-bond acceptors (Lipinski definition) is 9. The van der Waals surface area contributed by atoms with Gasteiger partial charge >= 0.3 is 12.1 Å². The molecule has 3 rings (SSSR count). The number of rotatable bonds is 11. The minimum absolute atomic E-state index is 0.120. The molecule has 1 aromatic carbocycles. The number of hydrogen-bond donors (Lipinski definition) is 2. The van der Waals surface area contributed by atoms with Crippen LogP contribution in [0.25, 0.3) is 0 Å². The van der Waals surface area contributed by atoms with E-state index in [1.165, 1.54) is 16.4 Å². The van der Waals surface area contributed by atoms with E-state index in [0.29, 0.717) is 0 Å². The van der Waals surface area contributed by atoms with Crippen LogP contribution < -0.4 is 10.1 Å². The zero-order valence-corrected chi connectivity index (χ0v) is 20.6. The summed E-state index contributed by atoms with van der Waals surface area (Å²) in [6.45, 7) is -0.402. The van der Waals surface area contributed by atoms with Gasteiger partial charge in [0, 0.05) is 38.4 Å². The Labute approximate surface area is 215 Å². The molecule has 0 spiro atoms. The molecule has 1 fully saturated rings. The standard InChI is InChI=1S/C22H24F3N5O7S/c23-22(24,25)21-26-7-6-19(28-21)37-14-17(31)16(12-20(33)34)27-18(32)13-29-8-10-30(11-9-29)38(35,36)15-4-2-1-3-5-15/h1-7,16H,8-14H2,(H,27,32)(H,33,34). The van der Waals surface area contributed by atoms with Crippen molar-refractivity contribution in [1.82, 2.24) is 24.5 Å². The molecular formula is C22H24F3N5O7S. The lowest BCUT2D eigenvalue weighted by Gasteiger charge is -2.33. The number of aromatic nitrogens is 2. The van der Waals surface area contributed by atoms with Crippen molar-refractivity contribution in [2.24, 2.45) is 0 Å². The van der Waals surface area contributed by atoms with Crippen LogP contribution in [0.2, 0.25) is 0 Å². The largest absolute Gasteiger partial charge is 0.481 e. The van der Waals surface area contributed by atoms with E-state index in [4.69, 9.17) is 9.84 Å². The molecule has 1 saturated heterocycles. The van der Waals surface area contributed by atoms with Crippen LogP contribution >= 0.6 is 0 Å². The fourth-order valence-electron chi connectivity index (χ4n) is 3.54. The number of carbonyl (C=O) groups excluding carboxylic acids is 2. The van der Waals surface area contributed by atoms with Gasteiger partial charge in [-0.1, -0.05) is 18.2 Å². The summed E-state index contributed by atoms with van der Waals surface area (Å²) in [5.74, 6) is -5.01. The molecule has 0 bridgehead atoms. The lowest BCUT2D eigenvalue weighted by molar-refractivity contribution is -0.145. The molecule has 16 heteroatoms. The highest BCUT2D eigenvalue weighted by Crippen LogP contribution is 2.26. The maximum atomic E-state index is 12.7. The molecule has 1 aromatic heterocycles. The Morgan fingerprint density at radius 1 is 1.08 bits per heavy atom. The molecular weight excluding hydrogens is 535 g/mol. The van der Waals surface area contributed by atoms with Gasteiger partial charge in [0.15, 0.2) is 12.4 Å². The number of ether oxygens (including phenoxy) is 1. The molecule has 38 heavy (non-hydrogen) atoms. The van der Waals surface area contributed by atoms with Crippen LogP contribution in [0.1, 0.15) is 12.2 Å². The lowest BCUT2D eigenvalue weighted by Crippen LogP contribution is -2.53. The van der Waals surface area contributed by atoms with Gasteiger partial charge in [0.2, 0.25) is 27.6 Å². The van der Waals surface area contributed by atoms with Gasteiger partial charge < -0.3 is 15.2 Å². The molecule has 0 radical (unpaired) electrons. The quantitative estimate of drug-likeness (QED) is 0.395. The Balaban J connectivity index is 1.53. The van der Waals surface area contributed by atoms with Crippen LogP contribution in [0.4, 0.5) is 13.2 Å². The third-order valence-electron chi connectivity index (χ3n) is 5.43. The summed E-state index contributed by atoms with van der Waals surface area (Å²) in [4.78, 5) is 44.2. The first kappa shape index (κ1) is 28.9. The number of piperazine rings is 1. The molecule has 2 aromatic rings. The van der Waals surface area contributed by atoms with Gasteiger partial charge in [0.25, 0.3) is 0 Å². The first-order valence-electron chi connectivity index (χ1n) is 11.2. The third kappa shape index (κ3) is 7.93. The zero-order chi connectivity index (χ0) is 27.9. The number of ketones is 1.